The molecule has 0 aliphatic carbocycles. The molecule has 0 bridgehead atoms. The number of rotatable bonds is 1. The van der Waals surface area contributed by atoms with Crippen LogP contribution in [0.15, 0.2) is 18.1 Å². The SMILES string of the molecule is [2H]c1c([2H])c(N)c(F)c(B2OC(C)(C)C(C)(C)O2)c1[2H]. The number of hydrogen-bond acceptors (Lipinski definition) is 3. The Morgan fingerprint density at radius 1 is 1.24 bits per heavy atom. The zero-order valence-corrected chi connectivity index (χ0v) is 10.3. The summed E-state index contributed by atoms with van der Waals surface area (Å²) in [6.07, 6.45) is 0. The largest absolute Gasteiger partial charge is 0.497 e. The molecule has 0 atom stereocenters. The maximum absolute atomic E-state index is 14.3. The van der Waals surface area contributed by atoms with Gasteiger partial charge in [0.2, 0.25) is 0 Å². The predicted octanol–water partition coefficient (Wildman–Crippen LogP) is 1.71. The van der Waals surface area contributed by atoms with Gasteiger partial charge in [-0.1, -0.05) is 12.1 Å². The van der Waals surface area contributed by atoms with Crippen LogP contribution in [0.3, 0.4) is 0 Å². The lowest BCUT2D eigenvalue weighted by atomic mass is 9.78. The summed E-state index contributed by atoms with van der Waals surface area (Å²) < 4.78 is 48.6. The zero-order chi connectivity index (χ0) is 15.5. The Morgan fingerprint density at radius 3 is 2.29 bits per heavy atom. The van der Waals surface area contributed by atoms with Gasteiger partial charge in [-0.05, 0) is 33.7 Å². The number of halogens is 1. The van der Waals surface area contributed by atoms with E-state index in [4.69, 9.17) is 19.2 Å². The molecule has 3 nitrogen and oxygen atoms in total. The average molecular weight is 240 g/mol. The van der Waals surface area contributed by atoms with Crippen LogP contribution < -0.4 is 11.2 Å². The first-order valence-electron chi connectivity index (χ1n) is 6.90. The van der Waals surface area contributed by atoms with Gasteiger partial charge in [0.1, 0.15) is 5.82 Å². The zero-order valence-electron chi connectivity index (χ0n) is 13.3. The Balaban J connectivity index is 2.57. The second-order valence-electron chi connectivity index (χ2n) is 5.10. The van der Waals surface area contributed by atoms with E-state index in [1.807, 2.05) is 0 Å². The highest BCUT2D eigenvalue weighted by molar-refractivity contribution is 6.62. The molecule has 1 aliphatic heterocycles. The lowest BCUT2D eigenvalue weighted by Crippen LogP contribution is -2.41. The first-order valence-corrected chi connectivity index (χ1v) is 5.40. The Kier molecular flexibility index (Phi) is 1.96. The minimum atomic E-state index is -1.11. The second kappa shape index (κ2) is 3.72. The van der Waals surface area contributed by atoms with Crippen LogP contribution in [0.1, 0.15) is 31.8 Å². The van der Waals surface area contributed by atoms with E-state index in [0.29, 0.717) is 0 Å². The van der Waals surface area contributed by atoms with Crippen LogP contribution in [0.5, 0.6) is 0 Å². The minimum absolute atomic E-state index is 0.220. The molecule has 1 fully saturated rings. The number of nitrogen functional groups attached to an aromatic ring is 1. The van der Waals surface area contributed by atoms with Gasteiger partial charge in [-0.3, -0.25) is 0 Å². The van der Waals surface area contributed by atoms with E-state index in [9.17, 15) is 4.39 Å². The van der Waals surface area contributed by atoms with Gasteiger partial charge in [-0.2, -0.15) is 0 Å². The van der Waals surface area contributed by atoms with Crippen molar-refractivity contribution >= 4 is 18.3 Å². The molecule has 0 unspecified atom stereocenters. The van der Waals surface area contributed by atoms with E-state index < -0.39 is 48.0 Å². The van der Waals surface area contributed by atoms with Crippen LogP contribution in [0.2, 0.25) is 0 Å². The van der Waals surface area contributed by atoms with Crippen LogP contribution in [0, 0.1) is 5.82 Å². The Bertz CT molecular complexity index is 535. The van der Waals surface area contributed by atoms with Gasteiger partial charge in [0, 0.05) is 5.46 Å². The van der Waals surface area contributed by atoms with E-state index >= 15 is 0 Å². The maximum atomic E-state index is 14.3. The van der Waals surface area contributed by atoms with Gasteiger partial charge in [0.05, 0.1) is 21.0 Å². The molecule has 17 heavy (non-hydrogen) atoms. The van der Waals surface area contributed by atoms with E-state index in [-0.39, 0.29) is 5.46 Å². The summed E-state index contributed by atoms with van der Waals surface area (Å²) in [7, 11) is -1.11. The van der Waals surface area contributed by atoms with Gasteiger partial charge in [-0.25, -0.2) is 4.39 Å². The minimum Gasteiger partial charge on any atom is -0.399 e. The van der Waals surface area contributed by atoms with Crippen LogP contribution in [-0.4, -0.2) is 18.3 Å². The van der Waals surface area contributed by atoms with Crippen molar-refractivity contribution in [1.29, 1.82) is 0 Å². The normalized spacial score (nSPS) is 24.3. The van der Waals surface area contributed by atoms with Gasteiger partial charge < -0.3 is 15.0 Å². The van der Waals surface area contributed by atoms with Crippen LogP contribution in [0.4, 0.5) is 10.1 Å². The van der Waals surface area contributed by atoms with E-state index in [1.165, 1.54) is 0 Å². The number of anilines is 1. The molecule has 0 aromatic heterocycles. The van der Waals surface area contributed by atoms with Gasteiger partial charge in [-0.15, -0.1) is 0 Å². The fraction of sp³-hybridized carbons (Fsp3) is 0.500. The lowest BCUT2D eigenvalue weighted by Gasteiger charge is -2.32. The molecule has 0 amide bonds. The Labute approximate surface area is 105 Å². The quantitative estimate of drug-likeness (QED) is 0.600. The third kappa shape index (κ3) is 1.94. The molecule has 2 rings (SSSR count). The number of nitrogens with two attached hydrogens (primary N) is 1. The maximum Gasteiger partial charge on any atom is 0.497 e. The van der Waals surface area contributed by atoms with E-state index in [1.54, 1.807) is 27.7 Å². The molecule has 1 aliphatic rings. The standard InChI is InChI=1S/C12H17BFNO2/c1-11(2)12(3,4)17-13(16-11)8-6-5-7-9(15)10(8)14/h5-7H,15H2,1-4H3/i5D,6D,7D. The molecule has 0 saturated carbocycles. The smallest absolute Gasteiger partial charge is 0.399 e. The van der Waals surface area contributed by atoms with Crippen molar-refractivity contribution in [3.8, 4) is 0 Å². The van der Waals surface area contributed by atoms with Crippen LogP contribution in [-0.2, 0) is 9.31 Å². The topological polar surface area (TPSA) is 44.5 Å². The van der Waals surface area contributed by atoms with Crippen LogP contribution >= 0.6 is 0 Å². The van der Waals surface area contributed by atoms with E-state index in [0.717, 1.165) is 0 Å². The Hall–Kier alpha value is -1.07. The summed E-state index contributed by atoms with van der Waals surface area (Å²) >= 11 is 0. The molecule has 92 valence electrons. The fourth-order valence-corrected chi connectivity index (χ4v) is 1.54. The summed E-state index contributed by atoms with van der Waals surface area (Å²) in [5.41, 5.74) is 3.42. The number of hydrogen-bond donors (Lipinski definition) is 1. The van der Waals surface area contributed by atoms with E-state index in [2.05, 4.69) is 0 Å². The Morgan fingerprint density at radius 2 is 1.76 bits per heavy atom. The third-order valence-electron chi connectivity index (χ3n) is 3.36. The first kappa shape index (κ1) is 8.94. The summed E-state index contributed by atoms with van der Waals surface area (Å²) in [4.78, 5) is 0. The first-order chi connectivity index (χ1) is 8.99. The molecule has 1 aromatic carbocycles. The predicted molar refractivity (Wildman–Crippen MR) is 66.5 cm³/mol. The van der Waals surface area contributed by atoms with Crippen molar-refractivity contribution < 1.29 is 17.8 Å². The highest BCUT2D eigenvalue weighted by Gasteiger charge is 2.52. The summed E-state index contributed by atoms with van der Waals surface area (Å²) in [5, 5.41) is 0. The molecular formula is C12H17BFNO2. The van der Waals surface area contributed by atoms with Gasteiger partial charge >= 0.3 is 7.12 Å². The molecule has 5 heteroatoms. The monoisotopic (exact) mass is 240 g/mol. The fourth-order valence-electron chi connectivity index (χ4n) is 1.54. The molecule has 2 N–H and O–H groups in total. The highest BCUT2D eigenvalue weighted by Crippen LogP contribution is 2.36. The molecule has 0 spiro atoms. The summed E-state index contributed by atoms with van der Waals surface area (Å²) in [5.74, 6) is -0.922. The van der Waals surface area contributed by atoms with Gasteiger partial charge in [0.25, 0.3) is 0 Å². The summed E-state index contributed by atoms with van der Waals surface area (Å²) in [6.45, 7) is 7.22. The average Bonchev–Trinajstić information content (AvgIpc) is 2.53. The molecule has 1 aromatic rings. The van der Waals surface area contributed by atoms with Crippen molar-refractivity contribution in [2.45, 2.75) is 38.9 Å². The van der Waals surface area contributed by atoms with Crippen LogP contribution in [0.25, 0.3) is 0 Å². The molecule has 1 saturated heterocycles. The van der Waals surface area contributed by atoms with Crippen molar-refractivity contribution in [2.24, 2.45) is 0 Å². The van der Waals surface area contributed by atoms with Crippen molar-refractivity contribution in [2.75, 3.05) is 5.73 Å². The molecule has 1 heterocycles. The molecular weight excluding hydrogens is 220 g/mol. The van der Waals surface area contributed by atoms with Crippen molar-refractivity contribution in [1.82, 2.24) is 0 Å². The molecule has 0 radical (unpaired) electrons. The van der Waals surface area contributed by atoms with Crippen molar-refractivity contribution in [3.05, 3.63) is 23.9 Å². The van der Waals surface area contributed by atoms with Crippen molar-refractivity contribution in [3.63, 3.8) is 0 Å². The second-order valence-corrected chi connectivity index (χ2v) is 5.10. The van der Waals surface area contributed by atoms with Gasteiger partial charge in [0.15, 0.2) is 0 Å². The number of benzene rings is 1. The summed E-state index contributed by atoms with van der Waals surface area (Å²) in [6, 6.07) is -1.36. The highest BCUT2D eigenvalue weighted by atomic mass is 19.1. The third-order valence-corrected chi connectivity index (χ3v) is 3.36. The lowest BCUT2D eigenvalue weighted by molar-refractivity contribution is 0.00578.